The maximum Gasteiger partial charge on any atom is 0.167 e. The number of hydrogen-bond acceptors (Lipinski definition) is 3. The van der Waals surface area contributed by atoms with Crippen LogP contribution >= 0.6 is 0 Å². The fourth-order valence-electron chi connectivity index (χ4n) is 2.60. The van der Waals surface area contributed by atoms with Crippen molar-refractivity contribution >= 4 is 0 Å². The standard InChI is InChI=1S/C14H17FN4/c1-2-5-12-14-18-17-13(19(14)9-8-16-12)10-6-3-4-7-11(10)15/h3-4,6-7,12,16H,2,5,8-9H2,1H3. The van der Waals surface area contributed by atoms with Crippen molar-refractivity contribution < 1.29 is 4.39 Å². The van der Waals surface area contributed by atoms with E-state index in [1.807, 2.05) is 10.6 Å². The first-order valence-electron chi connectivity index (χ1n) is 6.72. The molecular formula is C14H17FN4. The molecule has 0 spiro atoms. The molecule has 5 heteroatoms. The van der Waals surface area contributed by atoms with Crippen LogP contribution in [0.1, 0.15) is 31.6 Å². The summed E-state index contributed by atoms with van der Waals surface area (Å²) in [6.45, 7) is 3.80. The number of hydrogen-bond donors (Lipinski definition) is 1. The number of aromatic nitrogens is 3. The van der Waals surface area contributed by atoms with Crippen LogP contribution in [-0.4, -0.2) is 21.3 Å². The molecule has 1 aliphatic heterocycles. The van der Waals surface area contributed by atoms with Crippen molar-refractivity contribution in [2.75, 3.05) is 6.54 Å². The van der Waals surface area contributed by atoms with E-state index in [1.54, 1.807) is 12.1 Å². The Morgan fingerprint density at radius 1 is 1.37 bits per heavy atom. The lowest BCUT2D eigenvalue weighted by molar-refractivity contribution is 0.394. The third kappa shape index (κ3) is 2.14. The molecule has 1 unspecified atom stereocenters. The molecule has 2 heterocycles. The summed E-state index contributed by atoms with van der Waals surface area (Å²) in [6, 6.07) is 6.95. The van der Waals surface area contributed by atoms with Crippen LogP contribution < -0.4 is 5.32 Å². The van der Waals surface area contributed by atoms with Gasteiger partial charge in [0.15, 0.2) is 11.6 Å². The molecule has 1 aromatic heterocycles. The van der Waals surface area contributed by atoms with Crippen LogP contribution in [0.25, 0.3) is 11.4 Å². The average Bonchev–Trinajstić information content (AvgIpc) is 2.85. The first-order valence-corrected chi connectivity index (χ1v) is 6.72. The Hall–Kier alpha value is -1.75. The minimum Gasteiger partial charge on any atom is -0.308 e. The maximum atomic E-state index is 13.9. The van der Waals surface area contributed by atoms with Crippen molar-refractivity contribution in [1.29, 1.82) is 0 Å². The normalized spacial score (nSPS) is 18.3. The third-order valence-corrected chi connectivity index (χ3v) is 3.51. The second-order valence-corrected chi connectivity index (χ2v) is 4.81. The molecule has 1 aliphatic rings. The van der Waals surface area contributed by atoms with E-state index in [0.717, 1.165) is 31.8 Å². The Balaban J connectivity index is 2.04. The minimum absolute atomic E-state index is 0.228. The van der Waals surface area contributed by atoms with Gasteiger partial charge in [-0.2, -0.15) is 0 Å². The highest BCUT2D eigenvalue weighted by Crippen LogP contribution is 2.27. The number of nitrogens with one attached hydrogen (secondary N) is 1. The summed E-state index contributed by atoms with van der Waals surface area (Å²) in [5, 5.41) is 11.9. The van der Waals surface area contributed by atoms with Crippen molar-refractivity contribution in [3.05, 3.63) is 35.9 Å². The van der Waals surface area contributed by atoms with E-state index in [9.17, 15) is 4.39 Å². The molecule has 0 saturated heterocycles. The highest BCUT2D eigenvalue weighted by Gasteiger charge is 2.25. The van der Waals surface area contributed by atoms with E-state index < -0.39 is 0 Å². The summed E-state index contributed by atoms with van der Waals surface area (Å²) < 4.78 is 15.9. The van der Waals surface area contributed by atoms with Crippen LogP contribution in [0.5, 0.6) is 0 Å². The van der Waals surface area contributed by atoms with E-state index in [0.29, 0.717) is 11.4 Å². The van der Waals surface area contributed by atoms with E-state index in [2.05, 4.69) is 22.4 Å². The molecular weight excluding hydrogens is 243 g/mol. The molecule has 2 aromatic rings. The lowest BCUT2D eigenvalue weighted by Gasteiger charge is -2.24. The monoisotopic (exact) mass is 260 g/mol. The predicted molar refractivity (Wildman–Crippen MR) is 71.1 cm³/mol. The van der Waals surface area contributed by atoms with Crippen LogP contribution in [0.4, 0.5) is 4.39 Å². The lowest BCUT2D eigenvalue weighted by Crippen LogP contribution is -2.33. The summed E-state index contributed by atoms with van der Waals surface area (Å²) >= 11 is 0. The van der Waals surface area contributed by atoms with Gasteiger partial charge in [-0.05, 0) is 18.6 Å². The largest absolute Gasteiger partial charge is 0.308 e. The van der Waals surface area contributed by atoms with Crippen molar-refractivity contribution in [1.82, 2.24) is 20.1 Å². The quantitative estimate of drug-likeness (QED) is 0.922. The predicted octanol–water partition coefficient (Wildman–Crippen LogP) is 2.53. The Morgan fingerprint density at radius 3 is 3.00 bits per heavy atom. The fraction of sp³-hybridized carbons (Fsp3) is 0.429. The highest BCUT2D eigenvalue weighted by molar-refractivity contribution is 5.56. The molecule has 0 amide bonds. The number of nitrogens with zero attached hydrogens (tertiary/aromatic N) is 3. The van der Waals surface area contributed by atoms with Crippen molar-refractivity contribution in [2.24, 2.45) is 0 Å². The second kappa shape index (κ2) is 5.09. The summed E-state index contributed by atoms with van der Waals surface area (Å²) in [5.74, 6) is 1.31. The summed E-state index contributed by atoms with van der Waals surface area (Å²) in [7, 11) is 0. The number of halogens is 1. The van der Waals surface area contributed by atoms with Crippen LogP contribution in [0.3, 0.4) is 0 Å². The van der Waals surface area contributed by atoms with Gasteiger partial charge in [-0.3, -0.25) is 0 Å². The molecule has 100 valence electrons. The van der Waals surface area contributed by atoms with Gasteiger partial charge in [0.25, 0.3) is 0 Å². The fourth-order valence-corrected chi connectivity index (χ4v) is 2.60. The van der Waals surface area contributed by atoms with E-state index >= 15 is 0 Å². The van der Waals surface area contributed by atoms with E-state index in [-0.39, 0.29) is 11.9 Å². The van der Waals surface area contributed by atoms with Gasteiger partial charge >= 0.3 is 0 Å². The molecule has 4 nitrogen and oxygen atoms in total. The Bertz CT molecular complexity index is 579. The molecule has 1 aromatic carbocycles. The van der Waals surface area contributed by atoms with Crippen molar-refractivity contribution in [3.8, 4) is 11.4 Å². The summed E-state index contributed by atoms with van der Waals surface area (Å²) in [6.07, 6.45) is 2.11. The van der Waals surface area contributed by atoms with Gasteiger partial charge in [0, 0.05) is 13.1 Å². The Labute approximate surface area is 111 Å². The third-order valence-electron chi connectivity index (χ3n) is 3.51. The molecule has 0 aliphatic carbocycles. The molecule has 1 N–H and O–H groups in total. The van der Waals surface area contributed by atoms with Gasteiger partial charge in [-0.25, -0.2) is 4.39 Å². The van der Waals surface area contributed by atoms with Gasteiger partial charge in [0.05, 0.1) is 11.6 Å². The van der Waals surface area contributed by atoms with Crippen LogP contribution in [0, 0.1) is 5.82 Å². The van der Waals surface area contributed by atoms with Crippen molar-refractivity contribution in [3.63, 3.8) is 0 Å². The van der Waals surface area contributed by atoms with Crippen LogP contribution in [0.15, 0.2) is 24.3 Å². The van der Waals surface area contributed by atoms with Crippen LogP contribution in [-0.2, 0) is 6.54 Å². The zero-order valence-electron chi connectivity index (χ0n) is 10.9. The van der Waals surface area contributed by atoms with Gasteiger partial charge in [-0.15, -0.1) is 10.2 Å². The Kier molecular flexibility index (Phi) is 3.29. The Morgan fingerprint density at radius 2 is 2.21 bits per heavy atom. The van der Waals surface area contributed by atoms with Crippen LogP contribution in [0.2, 0.25) is 0 Å². The van der Waals surface area contributed by atoms with Gasteiger partial charge in [0.2, 0.25) is 0 Å². The molecule has 0 fully saturated rings. The smallest absolute Gasteiger partial charge is 0.167 e. The first-order chi connectivity index (χ1) is 9.31. The van der Waals surface area contributed by atoms with Gasteiger partial charge in [0.1, 0.15) is 5.82 Å². The van der Waals surface area contributed by atoms with Crippen molar-refractivity contribution in [2.45, 2.75) is 32.4 Å². The number of rotatable bonds is 3. The molecule has 19 heavy (non-hydrogen) atoms. The molecule has 1 atom stereocenters. The van der Waals surface area contributed by atoms with E-state index in [1.165, 1.54) is 6.07 Å². The zero-order chi connectivity index (χ0) is 13.2. The topological polar surface area (TPSA) is 42.7 Å². The SMILES string of the molecule is CCCC1NCCn2c(-c3ccccc3F)nnc21. The zero-order valence-corrected chi connectivity index (χ0v) is 10.9. The van der Waals surface area contributed by atoms with Gasteiger partial charge < -0.3 is 9.88 Å². The lowest BCUT2D eigenvalue weighted by atomic mass is 10.1. The summed E-state index contributed by atoms with van der Waals surface area (Å²) in [4.78, 5) is 0. The first kappa shape index (κ1) is 12.3. The average molecular weight is 260 g/mol. The van der Waals surface area contributed by atoms with E-state index in [4.69, 9.17) is 0 Å². The minimum atomic E-state index is -0.247. The highest BCUT2D eigenvalue weighted by atomic mass is 19.1. The molecule has 0 bridgehead atoms. The maximum absolute atomic E-state index is 13.9. The number of fused-ring (bicyclic) bond motifs is 1. The summed E-state index contributed by atoms with van der Waals surface area (Å²) in [5.41, 5.74) is 0.526. The second-order valence-electron chi connectivity index (χ2n) is 4.81. The molecule has 3 rings (SSSR count). The molecule has 0 radical (unpaired) electrons. The van der Waals surface area contributed by atoms with Gasteiger partial charge in [-0.1, -0.05) is 25.5 Å². The molecule has 0 saturated carbocycles. The number of benzene rings is 1.